The number of rotatable bonds is 4. The molecule has 192 valence electrons. The SMILES string of the molecule is Cc1ccccc1NC(=O)C1CCCN(C(=O)c2nn(C)c3c2CN(C(=O)C2CCCCC2)CC3)C1. The second kappa shape index (κ2) is 10.4. The maximum absolute atomic E-state index is 13.7. The topological polar surface area (TPSA) is 87.5 Å². The number of fused-ring (bicyclic) bond motifs is 1. The van der Waals surface area contributed by atoms with Gasteiger partial charge < -0.3 is 15.1 Å². The number of hydrogen-bond donors (Lipinski definition) is 1. The van der Waals surface area contributed by atoms with Crippen molar-refractivity contribution in [1.82, 2.24) is 19.6 Å². The van der Waals surface area contributed by atoms with E-state index in [-0.39, 0.29) is 29.6 Å². The summed E-state index contributed by atoms with van der Waals surface area (Å²) in [7, 11) is 1.88. The van der Waals surface area contributed by atoms with Gasteiger partial charge in [-0.05, 0) is 44.2 Å². The van der Waals surface area contributed by atoms with Crippen molar-refractivity contribution in [2.24, 2.45) is 18.9 Å². The first kappa shape index (κ1) is 24.5. The summed E-state index contributed by atoms with van der Waals surface area (Å²) < 4.78 is 1.80. The lowest BCUT2D eigenvalue weighted by molar-refractivity contribution is -0.137. The van der Waals surface area contributed by atoms with Gasteiger partial charge in [-0.2, -0.15) is 5.10 Å². The highest BCUT2D eigenvalue weighted by atomic mass is 16.2. The number of anilines is 1. The van der Waals surface area contributed by atoms with Crippen molar-refractivity contribution in [2.75, 3.05) is 25.0 Å². The quantitative estimate of drug-likeness (QED) is 0.707. The number of aryl methyl sites for hydroxylation is 2. The molecule has 1 N–H and O–H groups in total. The fourth-order valence-electron chi connectivity index (χ4n) is 6.03. The van der Waals surface area contributed by atoms with E-state index in [1.807, 2.05) is 43.1 Å². The van der Waals surface area contributed by atoms with Crippen molar-refractivity contribution < 1.29 is 14.4 Å². The van der Waals surface area contributed by atoms with Crippen molar-refractivity contribution >= 4 is 23.4 Å². The third-order valence-electron chi connectivity index (χ3n) is 8.19. The highest BCUT2D eigenvalue weighted by molar-refractivity contribution is 5.96. The summed E-state index contributed by atoms with van der Waals surface area (Å²) in [5.74, 6) is -0.0909. The smallest absolute Gasteiger partial charge is 0.274 e. The number of amides is 3. The van der Waals surface area contributed by atoms with Crippen molar-refractivity contribution in [3.63, 3.8) is 0 Å². The molecule has 1 unspecified atom stereocenters. The van der Waals surface area contributed by atoms with Gasteiger partial charge in [0.15, 0.2) is 5.69 Å². The minimum Gasteiger partial charge on any atom is -0.338 e. The predicted molar refractivity (Wildman–Crippen MR) is 137 cm³/mol. The van der Waals surface area contributed by atoms with Crippen molar-refractivity contribution in [1.29, 1.82) is 0 Å². The van der Waals surface area contributed by atoms with E-state index >= 15 is 0 Å². The lowest BCUT2D eigenvalue weighted by Crippen LogP contribution is -2.45. The minimum atomic E-state index is -0.258. The summed E-state index contributed by atoms with van der Waals surface area (Å²) in [6.45, 7) is 4.10. The van der Waals surface area contributed by atoms with E-state index < -0.39 is 0 Å². The van der Waals surface area contributed by atoms with Crippen LogP contribution in [-0.2, 0) is 29.6 Å². The number of nitrogens with one attached hydrogen (secondary N) is 1. The van der Waals surface area contributed by atoms with Crippen LogP contribution in [0.5, 0.6) is 0 Å². The number of carbonyl (C=O) groups excluding carboxylic acids is 3. The molecule has 1 saturated carbocycles. The molecule has 2 aromatic rings. The molecule has 8 nitrogen and oxygen atoms in total. The fraction of sp³-hybridized carbons (Fsp3) is 0.571. The summed E-state index contributed by atoms with van der Waals surface area (Å²) in [5.41, 5.74) is 4.18. The second-order valence-electron chi connectivity index (χ2n) is 10.6. The number of nitrogens with zero attached hydrogens (tertiary/aromatic N) is 4. The summed E-state index contributed by atoms with van der Waals surface area (Å²) in [4.78, 5) is 43.6. The van der Waals surface area contributed by atoms with Gasteiger partial charge in [0.25, 0.3) is 5.91 Å². The number of carbonyl (C=O) groups is 3. The number of likely N-dealkylation sites (tertiary alicyclic amines) is 1. The Hall–Kier alpha value is -3.16. The third kappa shape index (κ3) is 4.90. The molecule has 0 spiro atoms. The molecule has 8 heteroatoms. The molecule has 5 rings (SSSR count). The van der Waals surface area contributed by atoms with Gasteiger partial charge in [0.1, 0.15) is 0 Å². The normalized spacial score (nSPS) is 20.7. The van der Waals surface area contributed by atoms with Crippen LogP contribution in [0.3, 0.4) is 0 Å². The molecule has 36 heavy (non-hydrogen) atoms. The Labute approximate surface area is 213 Å². The Morgan fingerprint density at radius 2 is 1.69 bits per heavy atom. The highest BCUT2D eigenvalue weighted by Gasteiger charge is 2.36. The van der Waals surface area contributed by atoms with Crippen LogP contribution in [0.1, 0.15) is 72.3 Å². The zero-order valence-corrected chi connectivity index (χ0v) is 21.5. The highest BCUT2D eigenvalue weighted by Crippen LogP contribution is 2.30. The van der Waals surface area contributed by atoms with Crippen LogP contribution in [-0.4, -0.2) is 56.9 Å². The van der Waals surface area contributed by atoms with Gasteiger partial charge in [-0.1, -0.05) is 37.5 Å². The number of para-hydroxylation sites is 1. The molecule has 1 aromatic carbocycles. The van der Waals surface area contributed by atoms with E-state index in [1.54, 1.807) is 9.58 Å². The summed E-state index contributed by atoms with van der Waals surface area (Å²) in [6.07, 6.45) is 7.66. The van der Waals surface area contributed by atoms with E-state index in [9.17, 15) is 14.4 Å². The largest absolute Gasteiger partial charge is 0.338 e. The average molecular weight is 492 g/mol. The zero-order chi connectivity index (χ0) is 25.2. The third-order valence-corrected chi connectivity index (χ3v) is 8.19. The van der Waals surface area contributed by atoms with E-state index in [0.717, 1.165) is 61.0 Å². The predicted octanol–water partition coefficient (Wildman–Crippen LogP) is 3.68. The van der Waals surface area contributed by atoms with Gasteiger partial charge in [0, 0.05) is 62.5 Å². The lowest BCUT2D eigenvalue weighted by atomic mass is 9.87. The van der Waals surface area contributed by atoms with Crippen molar-refractivity contribution in [2.45, 2.75) is 64.8 Å². The van der Waals surface area contributed by atoms with Gasteiger partial charge in [-0.15, -0.1) is 0 Å². The molecule has 3 aliphatic rings. The minimum absolute atomic E-state index is 0.0471. The van der Waals surface area contributed by atoms with Crippen LogP contribution in [0.25, 0.3) is 0 Å². The molecule has 2 fully saturated rings. The standard InChI is InChI=1S/C28H37N5O3/c1-19-9-6-7-13-23(19)29-26(34)21-12-8-15-32(17-21)28(36)25-22-18-33(16-14-24(22)31(2)30-25)27(35)20-10-4-3-5-11-20/h6-7,9,13,20-21H,3-5,8,10-12,14-18H2,1-2H3,(H,29,34). The first-order chi connectivity index (χ1) is 17.4. The van der Waals surface area contributed by atoms with Gasteiger partial charge in [0.05, 0.1) is 5.92 Å². The molecule has 0 bridgehead atoms. The van der Waals surface area contributed by atoms with Gasteiger partial charge >= 0.3 is 0 Å². The Balaban J connectivity index is 1.29. The number of benzene rings is 1. The van der Waals surface area contributed by atoms with Crippen molar-refractivity contribution in [3.8, 4) is 0 Å². The second-order valence-corrected chi connectivity index (χ2v) is 10.6. The Kier molecular flexibility index (Phi) is 7.12. The van der Waals surface area contributed by atoms with Gasteiger partial charge in [0.2, 0.25) is 11.8 Å². The summed E-state index contributed by atoms with van der Waals surface area (Å²) in [5, 5.41) is 7.65. The van der Waals surface area contributed by atoms with E-state index in [1.165, 1.54) is 6.42 Å². The molecule has 3 amide bonds. The average Bonchev–Trinajstić information content (AvgIpc) is 3.25. The molecule has 2 aliphatic heterocycles. The maximum Gasteiger partial charge on any atom is 0.274 e. The zero-order valence-electron chi connectivity index (χ0n) is 21.5. The Morgan fingerprint density at radius 1 is 0.944 bits per heavy atom. The van der Waals surface area contributed by atoms with Gasteiger partial charge in [-0.3, -0.25) is 19.1 Å². The molecule has 0 radical (unpaired) electrons. The van der Waals surface area contributed by atoms with E-state index in [0.29, 0.717) is 38.3 Å². The first-order valence-electron chi connectivity index (χ1n) is 13.4. The van der Waals surface area contributed by atoms with E-state index in [2.05, 4.69) is 10.4 Å². The van der Waals surface area contributed by atoms with Crippen molar-refractivity contribution in [3.05, 3.63) is 46.8 Å². The lowest BCUT2D eigenvalue weighted by Gasteiger charge is -2.33. The van der Waals surface area contributed by atoms with Gasteiger partial charge in [-0.25, -0.2) is 0 Å². The molecular weight excluding hydrogens is 454 g/mol. The molecule has 1 atom stereocenters. The number of piperidine rings is 1. The Bertz CT molecular complexity index is 1150. The monoisotopic (exact) mass is 491 g/mol. The van der Waals surface area contributed by atoms with Crippen LogP contribution in [0.4, 0.5) is 5.69 Å². The Morgan fingerprint density at radius 3 is 2.47 bits per heavy atom. The number of aromatic nitrogens is 2. The summed E-state index contributed by atoms with van der Waals surface area (Å²) in [6, 6.07) is 7.73. The molecule has 3 heterocycles. The molecular formula is C28H37N5O3. The fourth-order valence-corrected chi connectivity index (χ4v) is 6.03. The number of hydrogen-bond acceptors (Lipinski definition) is 4. The van der Waals surface area contributed by atoms with Crippen LogP contribution in [0.15, 0.2) is 24.3 Å². The first-order valence-corrected chi connectivity index (χ1v) is 13.4. The summed E-state index contributed by atoms with van der Waals surface area (Å²) >= 11 is 0. The van der Waals surface area contributed by atoms with Crippen LogP contribution < -0.4 is 5.32 Å². The molecule has 1 saturated heterocycles. The maximum atomic E-state index is 13.7. The molecule has 1 aromatic heterocycles. The van der Waals surface area contributed by atoms with Crippen LogP contribution >= 0.6 is 0 Å². The van der Waals surface area contributed by atoms with E-state index in [4.69, 9.17) is 0 Å². The molecule has 1 aliphatic carbocycles. The van der Waals surface area contributed by atoms with Crippen LogP contribution in [0.2, 0.25) is 0 Å². The van der Waals surface area contributed by atoms with Crippen LogP contribution in [0, 0.1) is 18.8 Å².